The summed E-state index contributed by atoms with van der Waals surface area (Å²) in [4.78, 5) is 4.26. The Hall–Kier alpha value is -1.33. The number of nitrogens with two attached hydrogens (primary N) is 1. The highest BCUT2D eigenvalue weighted by atomic mass is 35.5. The van der Waals surface area contributed by atoms with E-state index in [9.17, 15) is 17.2 Å². The van der Waals surface area contributed by atoms with Crippen molar-refractivity contribution in [3.05, 3.63) is 63.6 Å². The smallest absolute Gasteiger partial charge is 0.246 e. The zero-order valence-corrected chi connectivity index (χ0v) is 21.3. The normalized spacial score (nSPS) is 25.0. The van der Waals surface area contributed by atoms with Crippen molar-refractivity contribution in [1.29, 1.82) is 0 Å². The Morgan fingerprint density at radius 2 is 1.76 bits per heavy atom. The van der Waals surface area contributed by atoms with Crippen LogP contribution in [0.1, 0.15) is 19.4 Å². The van der Waals surface area contributed by atoms with Crippen LogP contribution in [-0.4, -0.2) is 73.0 Å². The zero-order valence-electron chi connectivity index (χ0n) is 19.0. The molecule has 2 N–H and O–H groups in total. The number of sulfonamides is 1. The summed E-state index contributed by atoms with van der Waals surface area (Å²) in [5.74, 6) is -1.80. The van der Waals surface area contributed by atoms with Crippen molar-refractivity contribution in [1.82, 2.24) is 14.1 Å². The van der Waals surface area contributed by atoms with Gasteiger partial charge in [-0.3, -0.25) is 9.80 Å². The molecule has 0 amide bonds. The van der Waals surface area contributed by atoms with Crippen molar-refractivity contribution in [3.8, 4) is 0 Å². The average molecular weight is 533 g/mol. The maximum atomic E-state index is 13.9. The monoisotopic (exact) mass is 532 g/mol. The average Bonchev–Trinajstić information content (AvgIpc) is 2.75. The summed E-state index contributed by atoms with van der Waals surface area (Å²) in [7, 11) is -3.99. The number of hydrogen-bond acceptors (Lipinski definition) is 5. The minimum absolute atomic E-state index is 0.0218. The molecule has 0 saturated carbocycles. The van der Waals surface area contributed by atoms with Gasteiger partial charge in [0.15, 0.2) is 11.6 Å². The van der Waals surface area contributed by atoms with Crippen LogP contribution in [-0.2, 0) is 16.4 Å². The molecule has 0 radical (unpaired) electrons. The highest BCUT2D eigenvalue weighted by Gasteiger charge is 2.47. The third-order valence-corrected chi connectivity index (χ3v) is 9.13. The molecule has 34 heavy (non-hydrogen) atoms. The summed E-state index contributed by atoms with van der Waals surface area (Å²) in [6, 6.07) is 7.79. The quantitative estimate of drug-likeness (QED) is 0.637. The van der Waals surface area contributed by atoms with Crippen molar-refractivity contribution in [3.63, 3.8) is 0 Å². The SMILES string of the molecule is CC(C)N1CC(Cc2ccc(F)c(F)c2)N2CC(N)CN(S(=O)(=O)c3ccc(Cl)cc3Cl)C2C1. The molecule has 6 nitrogen and oxygen atoms in total. The van der Waals surface area contributed by atoms with Gasteiger partial charge >= 0.3 is 0 Å². The van der Waals surface area contributed by atoms with Gasteiger partial charge in [0.2, 0.25) is 10.0 Å². The van der Waals surface area contributed by atoms with Gasteiger partial charge in [0.05, 0.1) is 11.2 Å². The Morgan fingerprint density at radius 1 is 1.03 bits per heavy atom. The van der Waals surface area contributed by atoms with E-state index in [0.717, 1.165) is 6.07 Å². The van der Waals surface area contributed by atoms with Gasteiger partial charge in [0.1, 0.15) is 4.90 Å². The Labute approximate surface area is 209 Å². The van der Waals surface area contributed by atoms with Crippen LogP contribution in [0.2, 0.25) is 10.0 Å². The van der Waals surface area contributed by atoms with Crippen LogP contribution >= 0.6 is 23.2 Å². The minimum Gasteiger partial charge on any atom is -0.325 e. The number of piperazine rings is 1. The Bertz CT molecular complexity index is 1170. The Balaban J connectivity index is 1.71. The summed E-state index contributed by atoms with van der Waals surface area (Å²) in [6.07, 6.45) is -0.0536. The number of rotatable bonds is 5. The third kappa shape index (κ3) is 5.11. The third-order valence-electron chi connectivity index (χ3n) is 6.55. The lowest BCUT2D eigenvalue weighted by atomic mass is 9.97. The van der Waals surface area contributed by atoms with Gasteiger partial charge in [0, 0.05) is 49.3 Å². The molecule has 3 atom stereocenters. The molecular weight excluding hydrogens is 505 g/mol. The molecule has 0 spiro atoms. The van der Waals surface area contributed by atoms with Gasteiger partial charge in [-0.1, -0.05) is 29.3 Å². The van der Waals surface area contributed by atoms with E-state index in [1.807, 2.05) is 13.8 Å². The summed E-state index contributed by atoms with van der Waals surface area (Å²) in [5.41, 5.74) is 6.98. The van der Waals surface area contributed by atoms with Crippen molar-refractivity contribution in [2.75, 3.05) is 26.2 Å². The molecule has 3 unspecified atom stereocenters. The van der Waals surface area contributed by atoms with E-state index in [1.54, 1.807) is 6.07 Å². The van der Waals surface area contributed by atoms with Gasteiger partial charge < -0.3 is 5.73 Å². The first-order chi connectivity index (χ1) is 16.0. The number of benzene rings is 2. The lowest BCUT2D eigenvalue weighted by Gasteiger charge is -2.54. The van der Waals surface area contributed by atoms with Crippen molar-refractivity contribution in [2.45, 2.75) is 49.5 Å². The zero-order chi connectivity index (χ0) is 24.8. The van der Waals surface area contributed by atoms with Crippen molar-refractivity contribution >= 4 is 33.2 Å². The number of nitrogens with zero attached hydrogens (tertiary/aromatic N) is 3. The van der Waals surface area contributed by atoms with Crippen LogP contribution in [0, 0.1) is 11.6 Å². The molecule has 4 rings (SSSR count). The van der Waals surface area contributed by atoms with Gasteiger partial charge in [0.25, 0.3) is 0 Å². The standard InChI is InChI=1S/C23H28Cl2F2N4O2S/c1-14(2)29-12-18(7-15-3-5-20(26)21(27)8-15)30-10-17(28)11-31(23(30)13-29)34(32,33)22-6-4-16(24)9-19(22)25/h3-6,8-9,14,17-18,23H,7,10-13,28H2,1-2H3. The molecule has 2 aliphatic rings. The van der Waals surface area contributed by atoms with E-state index >= 15 is 0 Å². The Kier molecular flexibility index (Phi) is 7.55. The largest absolute Gasteiger partial charge is 0.325 e. The van der Waals surface area contributed by atoms with Crippen molar-refractivity contribution in [2.24, 2.45) is 5.73 Å². The van der Waals surface area contributed by atoms with Crippen LogP contribution in [0.5, 0.6) is 0 Å². The molecule has 2 aromatic carbocycles. The highest BCUT2D eigenvalue weighted by Crippen LogP contribution is 2.34. The molecule has 2 aromatic rings. The second kappa shape index (κ2) is 9.97. The van der Waals surface area contributed by atoms with Crippen LogP contribution in [0.25, 0.3) is 0 Å². The molecular formula is C23H28Cl2F2N4O2S. The van der Waals surface area contributed by atoms with Gasteiger partial charge in [-0.25, -0.2) is 17.2 Å². The number of hydrogen-bond donors (Lipinski definition) is 1. The summed E-state index contributed by atoms with van der Waals surface area (Å²) in [6.45, 7) is 5.87. The maximum absolute atomic E-state index is 13.9. The van der Waals surface area contributed by atoms with Gasteiger partial charge in [-0.05, 0) is 56.2 Å². The van der Waals surface area contributed by atoms with Crippen LogP contribution in [0.15, 0.2) is 41.3 Å². The summed E-state index contributed by atoms with van der Waals surface area (Å²) >= 11 is 12.3. The second-order valence-electron chi connectivity index (χ2n) is 9.24. The first-order valence-corrected chi connectivity index (χ1v) is 13.3. The molecule has 2 aliphatic heterocycles. The first kappa shape index (κ1) is 25.8. The topological polar surface area (TPSA) is 69.9 Å². The van der Waals surface area contributed by atoms with Gasteiger partial charge in [-0.2, -0.15) is 4.31 Å². The fraction of sp³-hybridized carbons (Fsp3) is 0.478. The second-order valence-corrected chi connectivity index (χ2v) is 11.9. The van der Waals surface area contributed by atoms with Crippen LogP contribution in [0.3, 0.4) is 0 Å². The van der Waals surface area contributed by atoms with Crippen LogP contribution in [0.4, 0.5) is 8.78 Å². The molecule has 186 valence electrons. The molecule has 0 aliphatic carbocycles. The van der Waals surface area contributed by atoms with E-state index in [1.165, 1.54) is 28.6 Å². The van der Waals surface area contributed by atoms with E-state index in [4.69, 9.17) is 28.9 Å². The predicted octanol–water partition coefficient (Wildman–Crippen LogP) is 3.57. The maximum Gasteiger partial charge on any atom is 0.246 e. The van der Waals surface area contributed by atoms with E-state index < -0.39 is 33.9 Å². The molecule has 2 fully saturated rings. The molecule has 0 bridgehead atoms. The molecule has 0 aromatic heterocycles. The Morgan fingerprint density at radius 3 is 2.41 bits per heavy atom. The summed E-state index contributed by atoms with van der Waals surface area (Å²) < 4.78 is 56.3. The van der Waals surface area contributed by atoms with Crippen molar-refractivity contribution < 1.29 is 17.2 Å². The van der Waals surface area contributed by atoms with Crippen LogP contribution < -0.4 is 5.73 Å². The minimum atomic E-state index is -3.99. The van der Waals surface area contributed by atoms with E-state index in [0.29, 0.717) is 36.6 Å². The predicted molar refractivity (Wildman–Crippen MR) is 129 cm³/mol. The summed E-state index contributed by atoms with van der Waals surface area (Å²) in [5, 5.41) is 0.393. The number of fused-ring (bicyclic) bond motifs is 1. The lowest BCUT2D eigenvalue weighted by molar-refractivity contribution is -0.0617. The number of halogens is 4. The van der Waals surface area contributed by atoms with E-state index in [-0.39, 0.29) is 28.5 Å². The highest BCUT2D eigenvalue weighted by molar-refractivity contribution is 7.89. The first-order valence-electron chi connectivity index (χ1n) is 11.1. The molecule has 11 heteroatoms. The fourth-order valence-corrected chi connectivity index (χ4v) is 7.22. The molecule has 2 saturated heterocycles. The lowest BCUT2D eigenvalue weighted by Crippen LogP contribution is -2.72. The molecule has 2 heterocycles. The fourth-order valence-electron chi connectivity index (χ4n) is 4.83. The van der Waals surface area contributed by atoms with E-state index in [2.05, 4.69) is 9.80 Å². The van der Waals surface area contributed by atoms with Gasteiger partial charge in [-0.15, -0.1) is 0 Å².